The van der Waals surface area contributed by atoms with Crippen molar-refractivity contribution in [2.45, 2.75) is 26.9 Å². The lowest BCUT2D eigenvalue weighted by Crippen LogP contribution is -2.24. The predicted molar refractivity (Wildman–Crippen MR) is 112 cm³/mol. The standard InChI is InChI=1S/C21H20N4O4S/c1-12(2)19(27)24-15-7-5-14(6-8-15)17(26)13(3)29-21(28)16-11-30-20(25-16)18-22-9-4-10-23-18/h4-13H,1-3H3,(H,24,27). The van der Waals surface area contributed by atoms with Crippen LogP contribution in [0.25, 0.3) is 10.8 Å². The number of Topliss-reactive ketones (excluding diaryl/α,β-unsaturated/α-hetero) is 1. The minimum atomic E-state index is -0.994. The van der Waals surface area contributed by atoms with Crippen LogP contribution in [0.15, 0.2) is 48.1 Å². The van der Waals surface area contributed by atoms with Crippen LogP contribution in [0.4, 0.5) is 5.69 Å². The number of amides is 1. The molecule has 0 radical (unpaired) electrons. The predicted octanol–water partition coefficient (Wildman–Crippen LogP) is 3.62. The van der Waals surface area contributed by atoms with E-state index in [-0.39, 0.29) is 23.3 Å². The maximum atomic E-state index is 12.6. The molecule has 1 aromatic carbocycles. The lowest BCUT2D eigenvalue weighted by molar-refractivity contribution is -0.118. The maximum absolute atomic E-state index is 12.6. The Labute approximate surface area is 177 Å². The first-order valence-electron chi connectivity index (χ1n) is 9.24. The number of hydrogen-bond acceptors (Lipinski definition) is 8. The van der Waals surface area contributed by atoms with Gasteiger partial charge >= 0.3 is 5.97 Å². The smallest absolute Gasteiger partial charge is 0.358 e. The van der Waals surface area contributed by atoms with Gasteiger partial charge in [-0.05, 0) is 37.3 Å². The van der Waals surface area contributed by atoms with E-state index in [1.54, 1.807) is 56.6 Å². The number of carbonyl (C=O) groups is 3. The van der Waals surface area contributed by atoms with E-state index in [9.17, 15) is 14.4 Å². The fourth-order valence-electron chi connectivity index (χ4n) is 2.39. The highest BCUT2D eigenvalue weighted by atomic mass is 32.1. The zero-order chi connectivity index (χ0) is 21.7. The van der Waals surface area contributed by atoms with Crippen molar-refractivity contribution in [3.63, 3.8) is 0 Å². The second-order valence-corrected chi connectivity index (χ2v) is 7.60. The summed E-state index contributed by atoms with van der Waals surface area (Å²) < 4.78 is 5.27. The van der Waals surface area contributed by atoms with Crippen LogP contribution in [0.2, 0.25) is 0 Å². The lowest BCUT2D eigenvalue weighted by Gasteiger charge is -2.12. The molecule has 8 nitrogen and oxygen atoms in total. The monoisotopic (exact) mass is 424 g/mol. The molecule has 0 saturated heterocycles. The Morgan fingerprint density at radius 3 is 2.33 bits per heavy atom. The van der Waals surface area contributed by atoms with Gasteiger partial charge in [-0.15, -0.1) is 11.3 Å². The number of nitrogens with zero attached hydrogens (tertiary/aromatic N) is 3. The SMILES string of the molecule is CC(C)C(=O)Nc1ccc(C(=O)C(C)OC(=O)c2csc(-c3ncccn3)n2)cc1. The Morgan fingerprint density at radius 1 is 1.03 bits per heavy atom. The highest BCUT2D eigenvalue weighted by Gasteiger charge is 2.22. The van der Waals surface area contributed by atoms with Gasteiger partial charge in [0.1, 0.15) is 0 Å². The first kappa shape index (κ1) is 21.3. The molecule has 2 aromatic heterocycles. The third-order valence-corrected chi connectivity index (χ3v) is 4.92. The quantitative estimate of drug-likeness (QED) is 0.455. The summed E-state index contributed by atoms with van der Waals surface area (Å²) in [4.78, 5) is 49.0. The van der Waals surface area contributed by atoms with E-state index < -0.39 is 12.1 Å². The molecular weight excluding hydrogens is 404 g/mol. The second kappa shape index (κ2) is 9.36. The lowest BCUT2D eigenvalue weighted by atomic mass is 10.1. The van der Waals surface area contributed by atoms with Crippen molar-refractivity contribution in [2.24, 2.45) is 5.92 Å². The number of benzene rings is 1. The van der Waals surface area contributed by atoms with Crippen LogP contribution in [0.3, 0.4) is 0 Å². The molecule has 1 atom stereocenters. The number of aromatic nitrogens is 3. The van der Waals surface area contributed by atoms with Gasteiger partial charge in [-0.3, -0.25) is 9.59 Å². The van der Waals surface area contributed by atoms with Crippen molar-refractivity contribution in [3.05, 3.63) is 59.4 Å². The molecular formula is C21H20N4O4S. The van der Waals surface area contributed by atoms with Crippen LogP contribution < -0.4 is 5.32 Å². The van der Waals surface area contributed by atoms with Crippen LogP contribution in [-0.2, 0) is 9.53 Å². The molecule has 0 fully saturated rings. The number of thiazole rings is 1. The van der Waals surface area contributed by atoms with Gasteiger partial charge in [0.2, 0.25) is 11.7 Å². The summed E-state index contributed by atoms with van der Waals surface area (Å²) in [6.07, 6.45) is 2.18. The Hall–Kier alpha value is -3.46. The normalized spacial score (nSPS) is 11.7. The average molecular weight is 424 g/mol. The van der Waals surface area contributed by atoms with Gasteiger partial charge < -0.3 is 10.1 Å². The third kappa shape index (κ3) is 5.12. The number of nitrogens with one attached hydrogen (secondary N) is 1. The molecule has 3 aromatic rings. The summed E-state index contributed by atoms with van der Waals surface area (Å²) in [6.45, 7) is 5.09. The van der Waals surface area contributed by atoms with Crippen molar-refractivity contribution >= 4 is 34.7 Å². The van der Waals surface area contributed by atoms with Crippen molar-refractivity contribution < 1.29 is 19.1 Å². The van der Waals surface area contributed by atoms with Gasteiger partial charge in [-0.2, -0.15) is 0 Å². The molecule has 154 valence electrons. The number of ether oxygens (including phenoxy) is 1. The van der Waals surface area contributed by atoms with Crippen LogP contribution in [0, 0.1) is 5.92 Å². The summed E-state index contributed by atoms with van der Waals surface area (Å²) in [5.74, 6) is -0.900. The molecule has 0 spiro atoms. The Bertz CT molecular complexity index is 1050. The topological polar surface area (TPSA) is 111 Å². The van der Waals surface area contributed by atoms with Crippen molar-refractivity contribution in [1.82, 2.24) is 15.0 Å². The molecule has 0 aliphatic carbocycles. The fraction of sp³-hybridized carbons (Fsp3) is 0.238. The minimum absolute atomic E-state index is 0.0915. The van der Waals surface area contributed by atoms with Gasteiger partial charge in [0, 0.05) is 34.9 Å². The van der Waals surface area contributed by atoms with Crippen LogP contribution in [0.1, 0.15) is 41.6 Å². The molecule has 1 unspecified atom stereocenters. The Kier molecular flexibility index (Phi) is 6.63. The molecule has 30 heavy (non-hydrogen) atoms. The number of anilines is 1. The highest BCUT2D eigenvalue weighted by Crippen LogP contribution is 2.21. The van der Waals surface area contributed by atoms with E-state index in [1.165, 1.54) is 23.6 Å². The first-order chi connectivity index (χ1) is 14.3. The van der Waals surface area contributed by atoms with Crippen LogP contribution in [0.5, 0.6) is 0 Å². The summed E-state index contributed by atoms with van der Waals surface area (Å²) in [5.41, 5.74) is 1.05. The summed E-state index contributed by atoms with van der Waals surface area (Å²) in [7, 11) is 0. The average Bonchev–Trinajstić information content (AvgIpc) is 3.25. The van der Waals surface area contributed by atoms with E-state index >= 15 is 0 Å². The zero-order valence-corrected chi connectivity index (χ0v) is 17.5. The molecule has 1 amide bonds. The van der Waals surface area contributed by atoms with E-state index in [2.05, 4.69) is 20.3 Å². The van der Waals surface area contributed by atoms with E-state index in [0.717, 1.165) is 0 Å². The Balaban J connectivity index is 1.62. The number of ketones is 1. The van der Waals surface area contributed by atoms with Gasteiger partial charge in [-0.25, -0.2) is 19.7 Å². The van der Waals surface area contributed by atoms with Gasteiger partial charge in [-0.1, -0.05) is 13.8 Å². The van der Waals surface area contributed by atoms with Gasteiger partial charge in [0.05, 0.1) is 0 Å². The van der Waals surface area contributed by atoms with Crippen molar-refractivity contribution in [3.8, 4) is 10.8 Å². The molecule has 3 rings (SSSR count). The fourth-order valence-corrected chi connectivity index (χ4v) is 3.13. The van der Waals surface area contributed by atoms with Gasteiger partial charge in [0.15, 0.2) is 22.6 Å². The second-order valence-electron chi connectivity index (χ2n) is 6.74. The summed E-state index contributed by atoms with van der Waals surface area (Å²) >= 11 is 1.21. The molecule has 0 bridgehead atoms. The maximum Gasteiger partial charge on any atom is 0.358 e. The summed E-state index contributed by atoms with van der Waals surface area (Å²) in [5, 5.41) is 4.78. The minimum Gasteiger partial charge on any atom is -0.450 e. The van der Waals surface area contributed by atoms with Crippen LogP contribution >= 0.6 is 11.3 Å². The molecule has 1 N–H and O–H groups in total. The third-order valence-electron chi connectivity index (χ3n) is 4.08. The van der Waals surface area contributed by atoms with Gasteiger partial charge in [0.25, 0.3) is 0 Å². The molecule has 0 aliphatic heterocycles. The van der Waals surface area contributed by atoms with E-state index in [1.807, 2.05) is 0 Å². The number of esters is 1. The largest absolute Gasteiger partial charge is 0.450 e. The number of hydrogen-bond donors (Lipinski definition) is 1. The van der Waals surface area contributed by atoms with Crippen LogP contribution in [-0.4, -0.2) is 38.7 Å². The molecule has 0 aliphatic rings. The Morgan fingerprint density at radius 2 is 1.70 bits per heavy atom. The number of rotatable bonds is 7. The molecule has 0 saturated carbocycles. The molecule has 9 heteroatoms. The zero-order valence-electron chi connectivity index (χ0n) is 16.7. The van der Waals surface area contributed by atoms with E-state index in [4.69, 9.17) is 4.74 Å². The summed E-state index contributed by atoms with van der Waals surface area (Å²) in [6, 6.07) is 8.11. The molecule has 2 heterocycles. The first-order valence-corrected chi connectivity index (χ1v) is 10.1. The highest BCUT2D eigenvalue weighted by molar-refractivity contribution is 7.13. The number of carbonyl (C=O) groups excluding carboxylic acids is 3. The van der Waals surface area contributed by atoms with Crippen molar-refractivity contribution in [2.75, 3.05) is 5.32 Å². The van der Waals surface area contributed by atoms with Crippen molar-refractivity contribution in [1.29, 1.82) is 0 Å². The van der Waals surface area contributed by atoms with E-state index in [0.29, 0.717) is 22.1 Å².